The van der Waals surface area contributed by atoms with Crippen molar-refractivity contribution in [2.24, 2.45) is 0 Å². The first-order chi connectivity index (χ1) is 29.7. The van der Waals surface area contributed by atoms with Gasteiger partial charge in [0.1, 0.15) is 0 Å². The molecule has 0 aliphatic carbocycles. The van der Waals surface area contributed by atoms with Gasteiger partial charge in [-0.25, -0.2) is 9.97 Å². The Balaban J connectivity index is 0.962. The zero-order valence-corrected chi connectivity index (χ0v) is 32.6. The van der Waals surface area contributed by atoms with Crippen LogP contribution in [0.5, 0.6) is 0 Å². The number of hydrogen-bond acceptors (Lipinski definition) is 2. The molecule has 0 amide bonds. The van der Waals surface area contributed by atoms with Crippen molar-refractivity contribution in [2.45, 2.75) is 0 Å². The van der Waals surface area contributed by atoms with Crippen LogP contribution in [0, 0.1) is 0 Å². The van der Waals surface area contributed by atoms with E-state index in [2.05, 4.69) is 228 Å². The summed E-state index contributed by atoms with van der Waals surface area (Å²) in [6.45, 7) is 0. The van der Waals surface area contributed by atoms with Crippen molar-refractivity contribution >= 4 is 54.5 Å². The third-order valence-electron chi connectivity index (χ3n) is 12.0. The lowest BCUT2D eigenvalue weighted by atomic mass is 9.98. The van der Waals surface area contributed by atoms with Gasteiger partial charge in [0.15, 0.2) is 0 Å². The molecule has 12 aromatic rings. The van der Waals surface area contributed by atoms with Crippen LogP contribution in [0.3, 0.4) is 0 Å². The van der Waals surface area contributed by atoms with Crippen LogP contribution in [0.15, 0.2) is 218 Å². The van der Waals surface area contributed by atoms with E-state index in [0.29, 0.717) is 5.95 Å². The number of hydrogen-bond donors (Lipinski definition) is 0. The number of fused-ring (bicyclic) bond motifs is 7. The van der Waals surface area contributed by atoms with Crippen LogP contribution in [-0.4, -0.2) is 19.1 Å². The van der Waals surface area contributed by atoms with E-state index in [-0.39, 0.29) is 0 Å². The lowest BCUT2D eigenvalue weighted by Gasteiger charge is -2.12. The van der Waals surface area contributed by atoms with Gasteiger partial charge in [0.2, 0.25) is 5.95 Å². The Morgan fingerprint density at radius 2 is 0.683 bits per heavy atom. The molecule has 0 spiro atoms. The monoisotopic (exact) mass is 764 g/mol. The summed E-state index contributed by atoms with van der Waals surface area (Å²) >= 11 is 0. The predicted molar refractivity (Wildman–Crippen MR) is 250 cm³/mol. The van der Waals surface area contributed by atoms with E-state index in [0.717, 1.165) is 55.2 Å². The minimum atomic E-state index is 0.651. The van der Waals surface area contributed by atoms with E-state index < -0.39 is 0 Å². The molecule has 0 unspecified atom stereocenters. The molecule has 0 saturated carbocycles. The maximum Gasteiger partial charge on any atom is 0.235 e. The third kappa shape index (κ3) is 5.53. The van der Waals surface area contributed by atoms with Gasteiger partial charge >= 0.3 is 0 Å². The van der Waals surface area contributed by atoms with E-state index in [9.17, 15) is 0 Å². The van der Waals surface area contributed by atoms with Crippen LogP contribution in [0.1, 0.15) is 0 Å². The Kier molecular flexibility index (Phi) is 7.82. The van der Waals surface area contributed by atoms with Crippen molar-refractivity contribution in [3.05, 3.63) is 218 Å². The maximum atomic E-state index is 5.38. The van der Waals surface area contributed by atoms with Gasteiger partial charge in [-0.1, -0.05) is 164 Å². The lowest BCUT2D eigenvalue weighted by molar-refractivity contribution is 1.01. The second-order valence-corrected chi connectivity index (χ2v) is 15.4. The van der Waals surface area contributed by atoms with Crippen LogP contribution in [0.2, 0.25) is 0 Å². The van der Waals surface area contributed by atoms with Gasteiger partial charge in [-0.15, -0.1) is 0 Å². The average Bonchev–Trinajstić information content (AvgIpc) is 3.84. The second-order valence-electron chi connectivity index (χ2n) is 15.4. The summed E-state index contributed by atoms with van der Waals surface area (Å²) in [6, 6.07) is 78.0. The topological polar surface area (TPSA) is 35.6 Å². The van der Waals surface area contributed by atoms with E-state index in [1.165, 1.54) is 49.6 Å². The minimum Gasteiger partial charge on any atom is -0.309 e. The molecule has 0 atom stereocenters. The molecule has 4 heteroatoms. The van der Waals surface area contributed by atoms with Gasteiger partial charge < -0.3 is 4.57 Å². The molecule has 4 nitrogen and oxygen atoms in total. The Morgan fingerprint density at radius 1 is 0.267 bits per heavy atom. The van der Waals surface area contributed by atoms with E-state index in [1.54, 1.807) is 0 Å². The van der Waals surface area contributed by atoms with Crippen molar-refractivity contribution in [3.63, 3.8) is 0 Å². The summed E-state index contributed by atoms with van der Waals surface area (Å²) in [5.41, 5.74) is 15.7. The summed E-state index contributed by atoms with van der Waals surface area (Å²) < 4.78 is 4.59. The minimum absolute atomic E-state index is 0.651. The second kappa shape index (κ2) is 13.8. The Labute approximate surface area is 346 Å². The average molecular weight is 765 g/mol. The number of aromatic nitrogens is 4. The molecule has 280 valence electrons. The molecule has 0 N–H and O–H groups in total. The molecular formula is C56H36N4. The molecule has 0 saturated heterocycles. The highest BCUT2D eigenvalue weighted by atomic mass is 15.2. The fourth-order valence-electron chi connectivity index (χ4n) is 9.07. The number of rotatable bonds is 6. The van der Waals surface area contributed by atoms with Crippen LogP contribution >= 0.6 is 0 Å². The van der Waals surface area contributed by atoms with E-state index in [1.807, 2.05) is 0 Å². The summed E-state index contributed by atoms with van der Waals surface area (Å²) in [5, 5.41) is 5.83. The highest BCUT2D eigenvalue weighted by Gasteiger charge is 2.19. The maximum absolute atomic E-state index is 5.38. The number of nitrogens with zero attached hydrogens (tertiary/aromatic N) is 4. The Bertz CT molecular complexity index is 3560. The van der Waals surface area contributed by atoms with Crippen LogP contribution < -0.4 is 0 Å². The molecule has 0 aliphatic heterocycles. The third-order valence-corrected chi connectivity index (χ3v) is 12.0. The van der Waals surface area contributed by atoms with Crippen LogP contribution in [0.4, 0.5) is 0 Å². The first-order valence-corrected chi connectivity index (χ1v) is 20.4. The van der Waals surface area contributed by atoms with Gasteiger partial charge in [0, 0.05) is 38.2 Å². The fraction of sp³-hybridized carbons (Fsp3) is 0. The number of para-hydroxylation sites is 4. The van der Waals surface area contributed by atoms with Gasteiger partial charge in [0.25, 0.3) is 0 Å². The van der Waals surface area contributed by atoms with Crippen molar-refractivity contribution in [1.82, 2.24) is 19.1 Å². The zero-order valence-electron chi connectivity index (χ0n) is 32.6. The summed E-state index contributed by atoms with van der Waals surface area (Å²) in [6.07, 6.45) is 0. The number of benzene rings is 9. The Morgan fingerprint density at radius 3 is 1.28 bits per heavy atom. The summed E-state index contributed by atoms with van der Waals surface area (Å²) in [5.74, 6) is 0.651. The molecule has 3 heterocycles. The molecule has 0 fully saturated rings. The molecule has 60 heavy (non-hydrogen) atoms. The Hall–Kier alpha value is -8.08. The quantitative estimate of drug-likeness (QED) is 0.169. The van der Waals surface area contributed by atoms with Crippen molar-refractivity contribution in [2.75, 3.05) is 0 Å². The lowest BCUT2D eigenvalue weighted by Crippen LogP contribution is -2.03. The van der Waals surface area contributed by atoms with E-state index >= 15 is 0 Å². The largest absolute Gasteiger partial charge is 0.309 e. The van der Waals surface area contributed by atoms with Crippen molar-refractivity contribution < 1.29 is 0 Å². The SMILES string of the molecule is c1ccc(-c2ccc(-c3ccc(-c4nc(-n5c6ccccc6c6cc(-c7ccc8c(c7)c7ccccc7n8-c7ccccc7)ccc65)nc5ccccc45)cc3)cc2)cc1. The van der Waals surface area contributed by atoms with Gasteiger partial charge in [-0.2, -0.15) is 0 Å². The van der Waals surface area contributed by atoms with Crippen LogP contribution in [0.25, 0.3) is 111 Å². The smallest absolute Gasteiger partial charge is 0.235 e. The van der Waals surface area contributed by atoms with Crippen LogP contribution in [-0.2, 0) is 0 Å². The molecule has 0 radical (unpaired) electrons. The predicted octanol–water partition coefficient (Wildman–Crippen LogP) is 14.5. The molecule has 0 bridgehead atoms. The summed E-state index contributed by atoms with van der Waals surface area (Å²) in [4.78, 5) is 10.6. The highest BCUT2D eigenvalue weighted by Crippen LogP contribution is 2.39. The van der Waals surface area contributed by atoms with Crippen molar-refractivity contribution in [3.8, 4) is 56.3 Å². The first-order valence-electron chi connectivity index (χ1n) is 20.4. The fourth-order valence-corrected chi connectivity index (χ4v) is 9.07. The molecule has 12 rings (SSSR count). The molecular weight excluding hydrogens is 729 g/mol. The summed E-state index contributed by atoms with van der Waals surface area (Å²) in [7, 11) is 0. The first kappa shape index (κ1) is 34.0. The highest BCUT2D eigenvalue weighted by molar-refractivity contribution is 6.12. The van der Waals surface area contributed by atoms with Crippen molar-refractivity contribution in [1.29, 1.82) is 0 Å². The van der Waals surface area contributed by atoms with Gasteiger partial charge in [0.05, 0.1) is 33.3 Å². The standard InChI is InChI=1S/C56H36N4/c1-3-13-37(14-4-1)38-23-25-39(26-24-38)40-27-29-41(30-28-40)55-47-19-7-10-20-50(47)57-56(58-55)60-52-22-12-9-18-46(52)49-36-43(32-34-54(49)60)42-31-33-53-48(35-42)45-17-8-11-21-51(45)59(53)44-15-5-2-6-16-44/h1-36H. The van der Waals surface area contributed by atoms with Gasteiger partial charge in [-0.05, 0) is 88.0 Å². The zero-order chi connectivity index (χ0) is 39.6. The molecule has 9 aromatic carbocycles. The molecule has 0 aliphatic rings. The van der Waals surface area contributed by atoms with E-state index in [4.69, 9.17) is 9.97 Å². The van der Waals surface area contributed by atoms with Gasteiger partial charge in [-0.3, -0.25) is 4.57 Å². The normalized spacial score (nSPS) is 11.7. The molecule has 3 aromatic heterocycles.